The topological polar surface area (TPSA) is 55.8 Å². The third-order valence-corrected chi connectivity index (χ3v) is 4.93. The number of ether oxygens (including phenoxy) is 2. The number of allylic oxidation sites excluding steroid dienone is 2. The molecular weight excluding hydrogens is 371 g/mol. The Balaban J connectivity index is 2.19. The van der Waals surface area contributed by atoms with Gasteiger partial charge in [-0.05, 0) is 70.7 Å². The van der Waals surface area contributed by atoms with Gasteiger partial charge in [-0.3, -0.25) is 4.79 Å². The average molecular weight is 389 g/mol. The van der Waals surface area contributed by atoms with Crippen molar-refractivity contribution in [1.82, 2.24) is 0 Å². The van der Waals surface area contributed by atoms with Crippen LogP contribution in [0.5, 0.6) is 11.5 Å². The Labute approximate surface area is 161 Å². The number of methoxy groups -OCH3 is 2. The average Bonchev–Trinajstić information content (AvgIpc) is 2.87. The second kappa shape index (κ2) is 7.45. The van der Waals surface area contributed by atoms with Crippen LogP contribution in [0.2, 0.25) is 5.02 Å². The highest BCUT2D eigenvalue weighted by molar-refractivity contribution is 6.33. The predicted octanol–water partition coefficient (Wildman–Crippen LogP) is 5.30. The molecule has 0 unspecified atom stereocenters. The van der Waals surface area contributed by atoms with Crippen LogP contribution in [-0.4, -0.2) is 25.3 Å². The molecule has 6 heteroatoms. The Morgan fingerprint density at radius 2 is 1.78 bits per heavy atom. The molecule has 0 aliphatic heterocycles. The first kappa shape index (κ1) is 19.0. The van der Waals surface area contributed by atoms with E-state index in [0.29, 0.717) is 27.7 Å². The van der Waals surface area contributed by atoms with Crippen LogP contribution in [0, 0.1) is 5.82 Å². The zero-order valence-electron chi connectivity index (χ0n) is 15.1. The van der Waals surface area contributed by atoms with Crippen molar-refractivity contribution in [3.8, 4) is 11.5 Å². The zero-order chi connectivity index (χ0) is 19.7. The highest BCUT2D eigenvalue weighted by atomic mass is 35.5. The highest BCUT2D eigenvalue weighted by Gasteiger charge is 2.25. The molecule has 0 saturated heterocycles. The van der Waals surface area contributed by atoms with Crippen LogP contribution in [0.3, 0.4) is 0 Å². The lowest BCUT2D eigenvalue weighted by Crippen LogP contribution is -1.97. The van der Waals surface area contributed by atoms with Crippen molar-refractivity contribution in [2.24, 2.45) is 0 Å². The number of carbonyl (C=O) groups is 1. The van der Waals surface area contributed by atoms with Crippen LogP contribution in [0.15, 0.2) is 35.9 Å². The quantitative estimate of drug-likeness (QED) is 0.755. The highest BCUT2D eigenvalue weighted by Crippen LogP contribution is 2.44. The Hall–Kier alpha value is -2.79. The van der Waals surface area contributed by atoms with E-state index >= 15 is 0 Å². The SMILES string of the molecule is COc1cc(/C=C2\C(C)=C(CC(=O)O)c3cc(F)ccc32)cc(OC)c1Cl. The van der Waals surface area contributed by atoms with E-state index in [2.05, 4.69) is 0 Å². The number of hydrogen-bond acceptors (Lipinski definition) is 3. The number of carboxylic acid groups (broad SMARTS) is 1. The monoisotopic (exact) mass is 388 g/mol. The molecule has 1 aliphatic rings. The fraction of sp³-hybridized carbons (Fsp3) is 0.190. The lowest BCUT2D eigenvalue weighted by Gasteiger charge is -2.11. The van der Waals surface area contributed by atoms with Gasteiger partial charge in [-0.2, -0.15) is 0 Å². The summed E-state index contributed by atoms with van der Waals surface area (Å²) in [5, 5.41) is 9.60. The molecule has 0 saturated carbocycles. The summed E-state index contributed by atoms with van der Waals surface area (Å²) in [5.74, 6) is -0.434. The minimum absolute atomic E-state index is 0.174. The summed E-state index contributed by atoms with van der Waals surface area (Å²) in [4.78, 5) is 11.3. The number of benzene rings is 2. The molecule has 140 valence electrons. The second-order valence-electron chi connectivity index (χ2n) is 6.16. The summed E-state index contributed by atoms with van der Waals surface area (Å²) in [5.41, 5.74) is 4.40. The van der Waals surface area contributed by atoms with Crippen LogP contribution >= 0.6 is 11.6 Å². The summed E-state index contributed by atoms with van der Waals surface area (Å²) in [6.45, 7) is 1.84. The normalized spacial score (nSPS) is 14.5. The lowest BCUT2D eigenvalue weighted by atomic mass is 10.0. The van der Waals surface area contributed by atoms with E-state index in [0.717, 1.165) is 22.3 Å². The first-order valence-electron chi connectivity index (χ1n) is 8.21. The molecule has 2 aromatic rings. The molecule has 0 aromatic heterocycles. The number of fused-ring (bicyclic) bond motifs is 1. The Morgan fingerprint density at radius 1 is 1.15 bits per heavy atom. The van der Waals surface area contributed by atoms with Gasteiger partial charge in [0.1, 0.15) is 22.3 Å². The van der Waals surface area contributed by atoms with Crippen LogP contribution in [0.25, 0.3) is 17.2 Å². The van der Waals surface area contributed by atoms with E-state index in [4.69, 9.17) is 21.1 Å². The van der Waals surface area contributed by atoms with Crippen molar-refractivity contribution in [1.29, 1.82) is 0 Å². The maximum atomic E-state index is 13.8. The van der Waals surface area contributed by atoms with Gasteiger partial charge < -0.3 is 14.6 Å². The van der Waals surface area contributed by atoms with E-state index in [1.54, 1.807) is 18.2 Å². The van der Waals surface area contributed by atoms with Crippen molar-refractivity contribution in [2.45, 2.75) is 13.3 Å². The minimum Gasteiger partial charge on any atom is -0.495 e. The molecule has 3 rings (SSSR count). The molecule has 0 heterocycles. The van der Waals surface area contributed by atoms with Crippen LogP contribution in [-0.2, 0) is 4.79 Å². The first-order chi connectivity index (χ1) is 12.8. The molecule has 0 amide bonds. The lowest BCUT2D eigenvalue weighted by molar-refractivity contribution is -0.135. The van der Waals surface area contributed by atoms with Gasteiger partial charge in [0, 0.05) is 0 Å². The first-order valence-corrected chi connectivity index (χ1v) is 8.59. The van der Waals surface area contributed by atoms with Gasteiger partial charge in [0.2, 0.25) is 0 Å². The smallest absolute Gasteiger partial charge is 0.307 e. The number of aliphatic carboxylic acids is 1. The minimum atomic E-state index is -0.962. The maximum absolute atomic E-state index is 13.8. The van der Waals surface area contributed by atoms with E-state index < -0.39 is 11.8 Å². The predicted molar refractivity (Wildman–Crippen MR) is 104 cm³/mol. The summed E-state index contributed by atoms with van der Waals surface area (Å²) in [7, 11) is 3.03. The molecule has 0 bridgehead atoms. The molecule has 0 radical (unpaired) electrons. The largest absolute Gasteiger partial charge is 0.495 e. The number of rotatable bonds is 5. The van der Waals surface area contributed by atoms with Gasteiger partial charge in [-0.1, -0.05) is 17.7 Å². The number of hydrogen-bond donors (Lipinski definition) is 1. The molecular formula is C21H18ClFO4. The molecule has 1 N–H and O–H groups in total. The van der Waals surface area contributed by atoms with E-state index in [-0.39, 0.29) is 6.42 Å². The summed E-state index contributed by atoms with van der Waals surface area (Å²) in [6, 6.07) is 7.94. The third-order valence-electron chi connectivity index (χ3n) is 4.56. The van der Waals surface area contributed by atoms with Crippen molar-refractivity contribution < 1.29 is 23.8 Å². The Bertz CT molecular complexity index is 967. The van der Waals surface area contributed by atoms with Crippen LogP contribution in [0.1, 0.15) is 30.0 Å². The van der Waals surface area contributed by atoms with Crippen molar-refractivity contribution in [3.63, 3.8) is 0 Å². The van der Waals surface area contributed by atoms with Gasteiger partial charge in [0.15, 0.2) is 0 Å². The molecule has 2 aromatic carbocycles. The standard InChI is InChI=1S/C21H18ClFO4/c1-11-15(6-12-7-18(26-2)21(22)19(8-12)27-3)14-5-4-13(23)9-17(14)16(11)10-20(24)25/h4-9H,10H2,1-3H3,(H,24,25)/b15-6+. The van der Waals surface area contributed by atoms with Crippen LogP contribution in [0.4, 0.5) is 4.39 Å². The molecule has 4 nitrogen and oxygen atoms in total. The van der Waals surface area contributed by atoms with Gasteiger partial charge in [0.05, 0.1) is 20.6 Å². The zero-order valence-corrected chi connectivity index (χ0v) is 15.9. The van der Waals surface area contributed by atoms with Crippen molar-refractivity contribution in [3.05, 3.63) is 63.4 Å². The molecule has 0 atom stereocenters. The number of carboxylic acids is 1. The molecule has 0 spiro atoms. The van der Waals surface area contributed by atoms with E-state index in [1.807, 2.05) is 13.0 Å². The summed E-state index contributed by atoms with van der Waals surface area (Å²) in [6.07, 6.45) is 1.72. The van der Waals surface area contributed by atoms with Gasteiger partial charge in [-0.25, -0.2) is 4.39 Å². The Kier molecular flexibility index (Phi) is 5.24. The van der Waals surface area contributed by atoms with Crippen LogP contribution < -0.4 is 9.47 Å². The summed E-state index contributed by atoms with van der Waals surface area (Å²) < 4.78 is 24.4. The van der Waals surface area contributed by atoms with Gasteiger partial charge in [-0.15, -0.1) is 0 Å². The summed E-state index contributed by atoms with van der Waals surface area (Å²) >= 11 is 6.22. The third kappa shape index (κ3) is 3.55. The maximum Gasteiger partial charge on any atom is 0.307 e. The van der Waals surface area contributed by atoms with E-state index in [1.165, 1.54) is 26.4 Å². The van der Waals surface area contributed by atoms with Gasteiger partial charge in [0.25, 0.3) is 0 Å². The fourth-order valence-corrected chi connectivity index (χ4v) is 3.54. The Morgan fingerprint density at radius 3 is 2.33 bits per heavy atom. The molecule has 1 aliphatic carbocycles. The molecule has 0 fully saturated rings. The second-order valence-corrected chi connectivity index (χ2v) is 6.54. The molecule has 27 heavy (non-hydrogen) atoms. The van der Waals surface area contributed by atoms with Crippen molar-refractivity contribution in [2.75, 3.05) is 14.2 Å². The van der Waals surface area contributed by atoms with Gasteiger partial charge >= 0.3 is 5.97 Å². The van der Waals surface area contributed by atoms with E-state index in [9.17, 15) is 14.3 Å². The van der Waals surface area contributed by atoms with Crippen molar-refractivity contribution >= 4 is 34.8 Å². The fourth-order valence-electron chi connectivity index (χ4n) is 3.27. The number of halogens is 2.